The fraction of sp³-hybridized carbons (Fsp3) is 0.538. The Hall–Kier alpha value is -1.62. The predicted octanol–water partition coefficient (Wildman–Crippen LogP) is 1.35. The fourth-order valence-corrected chi connectivity index (χ4v) is 2.19. The summed E-state index contributed by atoms with van der Waals surface area (Å²) in [6.07, 6.45) is 1.64. The maximum absolute atomic E-state index is 12.0. The van der Waals surface area contributed by atoms with Crippen LogP contribution in [0.3, 0.4) is 0 Å². The van der Waals surface area contributed by atoms with Crippen molar-refractivity contribution >= 4 is 11.7 Å². The summed E-state index contributed by atoms with van der Waals surface area (Å²) in [6, 6.07) is 5.18. The molecule has 1 aliphatic heterocycles. The standard InChI is InChI=1S/C13H19N3O2/c1-13(2)8-9(6-7-18-13)15-12(17)10-4-3-5-11(14)16-10/h3-5,9H,6-8H2,1-2H3,(H2,14,16)(H,15,17). The number of pyridine rings is 1. The molecular weight excluding hydrogens is 230 g/mol. The zero-order chi connectivity index (χ0) is 13.2. The first-order chi connectivity index (χ1) is 8.46. The minimum absolute atomic E-state index is 0.129. The molecule has 0 aromatic carbocycles. The third kappa shape index (κ3) is 3.20. The highest BCUT2D eigenvalue weighted by Crippen LogP contribution is 2.24. The Kier molecular flexibility index (Phi) is 3.52. The first-order valence-electron chi connectivity index (χ1n) is 6.14. The van der Waals surface area contributed by atoms with E-state index in [9.17, 15) is 4.79 Å². The van der Waals surface area contributed by atoms with Crippen LogP contribution in [0.15, 0.2) is 18.2 Å². The summed E-state index contributed by atoms with van der Waals surface area (Å²) in [5, 5.41) is 2.98. The smallest absolute Gasteiger partial charge is 0.270 e. The van der Waals surface area contributed by atoms with Crippen molar-refractivity contribution < 1.29 is 9.53 Å². The number of hydrogen-bond acceptors (Lipinski definition) is 4. The number of carbonyl (C=O) groups is 1. The van der Waals surface area contributed by atoms with Gasteiger partial charge in [-0.2, -0.15) is 0 Å². The van der Waals surface area contributed by atoms with E-state index in [-0.39, 0.29) is 17.6 Å². The number of nitrogens with two attached hydrogens (primary N) is 1. The summed E-state index contributed by atoms with van der Waals surface area (Å²) in [4.78, 5) is 16.0. The highest BCUT2D eigenvalue weighted by atomic mass is 16.5. The van der Waals surface area contributed by atoms with Crippen molar-refractivity contribution in [2.24, 2.45) is 0 Å². The molecule has 1 aliphatic rings. The molecule has 1 aromatic heterocycles. The minimum Gasteiger partial charge on any atom is -0.384 e. The van der Waals surface area contributed by atoms with Gasteiger partial charge in [-0.15, -0.1) is 0 Å². The second-order valence-corrected chi connectivity index (χ2v) is 5.22. The quantitative estimate of drug-likeness (QED) is 0.829. The Morgan fingerprint density at radius 3 is 3.00 bits per heavy atom. The van der Waals surface area contributed by atoms with Gasteiger partial charge in [-0.3, -0.25) is 4.79 Å². The van der Waals surface area contributed by atoms with E-state index in [2.05, 4.69) is 10.3 Å². The minimum atomic E-state index is -0.181. The van der Waals surface area contributed by atoms with E-state index in [4.69, 9.17) is 10.5 Å². The molecule has 5 nitrogen and oxygen atoms in total. The molecule has 0 saturated carbocycles. The zero-order valence-corrected chi connectivity index (χ0v) is 10.8. The lowest BCUT2D eigenvalue weighted by Crippen LogP contribution is -2.46. The van der Waals surface area contributed by atoms with Gasteiger partial charge in [0.15, 0.2) is 0 Å². The summed E-state index contributed by atoms with van der Waals surface area (Å²) < 4.78 is 5.62. The number of anilines is 1. The fourth-order valence-electron chi connectivity index (χ4n) is 2.19. The average molecular weight is 249 g/mol. The van der Waals surface area contributed by atoms with Gasteiger partial charge in [0.25, 0.3) is 5.91 Å². The molecule has 0 bridgehead atoms. The lowest BCUT2D eigenvalue weighted by molar-refractivity contribution is -0.0615. The van der Waals surface area contributed by atoms with Gasteiger partial charge in [-0.25, -0.2) is 4.98 Å². The molecule has 1 atom stereocenters. The summed E-state index contributed by atoms with van der Waals surface area (Å²) in [5.41, 5.74) is 5.74. The van der Waals surface area contributed by atoms with Crippen molar-refractivity contribution in [3.8, 4) is 0 Å². The number of hydrogen-bond donors (Lipinski definition) is 2. The van der Waals surface area contributed by atoms with E-state index in [0.29, 0.717) is 18.1 Å². The van der Waals surface area contributed by atoms with E-state index in [1.54, 1.807) is 18.2 Å². The van der Waals surface area contributed by atoms with Gasteiger partial charge >= 0.3 is 0 Å². The molecule has 2 rings (SSSR count). The van der Waals surface area contributed by atoms with E-state index < -0.39 is 0 Å². The number of rotatable bonds is 2. The van der Waals surface area contributed by atoms with Crippen LogP contribution in [0.4, 0.5) is 5.82 Å². The summed E-state index contributed by atoms with van der Waals surface area (Å²) >= 11 is 0. The number of nitrogen functional groups attached to an aromatic ring is 1. The van der Waals surface area contributed by atoms with Crippen LogP contribution in [-0.4, -0.2) is 29.1 Å². The van der Waals surface area contributed by atoms with Crippen LogP contribution >= 0.6 is 0 Å². The molecular formula is C13H19N3O2. The van der Waals surface area contributed by atoms with Gasteiger partial charge < -0.3 is 15.8 Å². The molecule has 0 radical (unpaired) electrons. The SMILES string of the molecule is CC1(C)CC(NC(=O)c2cccc(N)n2)CCO1. The summed E-state index contributed by atoms with van der Waals surface area (Å²) in [7, 11) is 0. The Balaban J connectivity index is 1.99. The maximum Gasteiger partial charge on any atom is 0.270 e. The second-order valence-electron chi connectivity index (χ2n) is 5.22. The van der Waals surface area contributed by atoms with Crippen molar-refractivity contribution in [1.82, 2.24) is 10.3 Å². The average Bonchev–Trinajstić information content (AvgIpc) is 2.27. The number of amides is 1. The van der Waals surface area contributed by atoms with Gasteiger partial charge in [0.1, 0.15) is 11.5 Å². The molecule has 3 N–H and O–H groups in total. The van der Waals surface area contributed by atoms with E-state index >= 15 is 0 Å². The lowest BCUT2D eigenvalue weighted by atomic mass is 9.94. The molecule has 1 unspecified atom stereocenters. The highest BCUT2D eigenvalue weighted by Gasteiger charge is 2.29. The van der Waals surface area contributed by atoms with Crippen LogP contribution in [0.5, 0.6) is 0 Å². The highest BCUT2D eigenvalue weighted by molar-refractivity contribution is 5.92. The Labute approximate surface area is 107 Å². The first kappa shape index (κ1) is 12.8. The van der Waals surface area contributed by atoms with Gasteiger partial charge in [-0.05, 0) is 38.8 Å². The van der Waals surface area contributed by atoms with Crippen LogP contribution in [0.25, 0.3) is 0 Å². The van der Waals surface area contributed by atoms with Crippen molar-refractivity contribution in [1.29, 1.82) is 0 Å². The molecule has 1 amide bonds. The third-order valence-corrected chi connectivity index (χ3v) is 3.04. The summed E-state index contributed by atoms with van der Waals surface area (Å²) in [6.45, 7) is 4.73. The number of nitrogens with zero attached hydrogens (tertiary/aromatic N) is 1. The molecule has 0 aliphatic carbocycles. The van der Waals surface area contributed by atoms with E-state index in [1.807, 2.05) is 13.8 Å². The summed E-state index contributed by atoms with van der Waals surface area (Å²) in [5.74, 6) is 0.181. The Morgan fingerprint density at radius 2 is 2.33 bits per heavy atom. The predicted molar refractivity (Wildman–Crippen MR) is 69.2 cm³/mol. The number of carbonyl (C=O) groups excluding carboxylic acids is 1. The molecule has 1 aromatic rings. The number of nitrogens with one attached hydrogen (secondary N) is 1. The number of ether oxygens (including phenoxy) is 1. The van der Waals surface area contributed by atoms with Crippen LogP contribution in [0.2, 0.25) is 0 Å². The van der Waals surface area contributed by atoms with Crippen molar-refractivity contribution in [3.05, 3.63) is 23.9 Å². The molecule has 1 fully saturated rings. The first-order valence-corrected chi connectivity index (χ1v) is 6.14. The molecule has 18 heavy (non-hydrogen) atoms. The van der Waals surface area contributed by atoms with Gasteiger partial charge in [-0.1, -0.05) is 6.07 Å². The van der Waals surface area contributed by atoms with Crippen LogP contribution in [0.1, 0.15) is 37.2 Å². The van der Waals surface area contributed by atoms with Crippen LogP contribution in [-0.2, 0) is 4.74 Å². The zero-order valence-electron chi connectivity index (χ0n) is 10.8. The van der Waals surface area contributed by atoms with Gasteiger partial charge in [0.2, 0.25) is 0 Å². The molecule has 5 heteroatoms. The maximum atomic E-state index is 12.0. The lowest BCUT2D eigenvalue weighted by Gasteiger charge is -2.35. The van der Waals surface area contributed by atoms with Crippen molar-refractivity contribution in [2.45, 2.75) is 38.3 Å². The molecule has 0 spiro atoms. The third-order valence-electron chi connectivity index (χ3n) is 3.04. The van der Waals surface area contributed by atoms with Gasteiger partial charge in [0.05, 0.1) is 5.60 Å². The normalized spacial score (nSPS) is 22.4. The monoisotopic (exact) mass is 249 g/mol. The molecule has 98 valence electrons. The molecule has 1 saturated heterocycles. The van der Waals surface area contributed by atoms with E-state index in [0.717, 1.165) is 12.8 Å². The topological polar surface area (TPSA) is 77.2 Å². The Morgan fingerprint density at radius 1 is 1.56 bits per heavy atom. The Bertz CT molecular complexity index is 446. The van der Waals surface area contributed by atoms with Gasteiger partial charge in [0, 0.05) is 12.6 Å². The van der Waals surface area contributed by atoms with E-state index in [1.165, 1.54) is 0 Å². The number of aromatic nitrogens is 1. The van der Waals surface area contributed by atoms with Crippen molar-refractivity contribution in [3.63, 3.8) is 0 Å². The second kappa shape index (κ2) is 4.94. The van der Waals surface area contributed by atoms with Crippen LogP contribution in [0, 0.1) is 0 Å². The molecule has 2 heterocycles. The largest absolute Gasteiger partial charge is 0.384 e. The van der Waals surface area contributed by atoms with Crippen LogP contribution < -0.4 is 11.1 Å². The van der Waals surface area contributed by atoms with Crippen molar-refractivity contribution in [2.75, 3.05) is 12.3 Å².